The maximum absolute atomic E-state index is 12.8. The van der Waals surface area contributed by atoms with Gasteiger partial charge in [-0.3, -0.25) is 4.79 Å². The first kappa shape index (κ1) is 14.9. The molecular formula is C17H22N2O4. The standard InChI is InChI=1S/C17H22N2O4/c1-21-9-5-6-12-11(8-9)15-10(4-3-7-23-15)14-13(18)16(22-2)17(20)19(12)14/h5-6,8,10,13-16H,3-4,7,18H2,1-2H3/t10-,13+,14-,15-,16-/m1/s1. The van der Waals surface area contributed by atoms with E-state index in [-0.39, 0.29) is 30.0 Å². The Morgan fingerprint density at radius 1 is 1.35 bits per heavy atom. The molecule has 0 aliphatic carbocycles. The van der Waals surface area contributed by atoms with Gasteiger partial charge < -0.3 is 24.8 Å². The van der Waals surface area contributed by atoms with Gasteiger partial charge in [0, 0.05) is 25.2 Å². The highest BCUT2D eigenvalue weighted by atomic mass is 16.5. The molecule has 6 heteroatoms. The number of carbonyl (C=O) groups excluding carboxylic acids is 1. The Bertz CT molecular complexity index is 635. The van der Waals surface area contributed by atoms with Crippen LogP contribution >= 0.6 is 0 Å². The molecule has 0 saturated carbocycles. The Balaban J connectivity index is 1.86. The summed E-state index contributed by atoms with van der Waals surface area (Å²) in [5.74, 6) is 0.914. The number of fused-ring (bicyclic) bond motifs is 6. The lowest BCUT2D eigenvalue weighted by Gasteiger charge is -2.46. The molecule has 1 aromatic carbocycles. The first-order valence-corrected chi connectivity index (χ1v) is 8.08. The lowest BCUT2D eigenvalue weighted by molar-refractivity contribution is -0.126. The van der Waals surface area contributed by atoms with Crippen molar-refractivity contribution in [2.45, 2.75) is 37.1 Å². The second kappa shape index (κ2) is 5.47. The van der Waals surface area contributed by atoms with Crippen LogP contribution in [0.3, 0.4) is 0 Å². The van der Waals surface area contributed by atoms with Crippen molar-refractivity contribution in [3.05, 3.63) is 23.8 Å². The molecule has 3 aliphatic rings. The van der Waals surface area contributed by atoms with Gasteiger partial charge in [0.15, 0.2) is 6.10 Å². The van der Waals surface area contributed by atoms with Crippen molar-refractivity contribution in [1.29, 1.82) is 0 Å². The van der Waals surface area contributed by atoms with Crippen molar-refractivity contribution < 1.29 is 19.0 Å². The van der Waals surface area contributed by atoms with Crippen LogP contribution in [0.1, 0.15) is 24.5 Å². The number of methoxy groups -OCH3 is 2. The molecule has 2 saturated heterocycles. The van der Waals surface area contributed by atoms with E-state index in [4.69, 9.17) is 19.9 Å². The third-order valence-corrected chi connectivity index (χ3v) is 5.38. The molecule has 3 aliphatic heterocycles. The van der Waals surface area contributed by atoms with Gasteiger partial charge in [-0.25, -0.2) is 0 Å². The number of anilines is 1. The molecule has 5 atom stereocenters. The Labute approximate surface area is 135 Å². The summed E-state index contributed by atoms with van der Waals surface area (Å²) >= 11 is 0. The van der Waals surface area contributed by atoms with Crippen LogP contribution in [0.4, 0.5) is 5.69 Å². The average molecular weight is 318 g/mol. The minimum Gasteiger partial charge on any atom is -0.497 e. The van der Waals surface area contributed by atoms with Crippen LogP contribution in [0.25, 0.3) is 0 Å². The van der Waals surface area contributed by atoms with Crippen LogP contribution in [-0.2, 0) is 14.3 Å². The first-order valence-electron chi connectivity index (χ1n) is 8.08. The summed E-state index contributed by atoms with van der Waals surface area (Å²) in [5, 5.41) is 0. The molecule has 2 N–H and O–H groups in total. The summed E-state index contributed by atoms with van der Waals surface area (Å²) in [6.45, 7) is 0.738. The van der Waals surface area contributed by atoms with E-state index in [0.29, 0.717) is 0 Å². The van der Waals surface area contributed by atoms with Gasteiger partial charge in [0.1, 0.15) is 5.75 Å². The van der Waals surface area contributed by atoms with Gasteiger partial charge in [0.25, 0.3) is 5.91 Å². The fourth-order valence-corrected chi connectivity index (χ4v) is 4.40. The fraction of sp³-hybridized carbons (Fsp3) is 0.588. The van der Waals surface area contributed by atoms with Gasteiger partial charge in [0.05, 0.1) is 31.0 Å². The van der Waals surface area contributed by atoms with E-state index in [1.807, 2.05) is 23.1 Å². The van der Waals surface area contributed by atoms with Crippen LogP contribution in [0.5, 0.6) is 5.75 Å². The quantitative estimate of drug-likeness (QED) is 0.888. The van der Waals surface area contributed by atoms with Crippen LogP contribution in [-0.4, -0.2) is 44.9 Å². The molecule has 2 fully saturated rings. The van der Waals surface area contributed by atoms with E-state index in [1.54, 1.807) is 14.2 Å². The molecule has 0 bridgehead atoms. The number of hydrogen-bond donors (Lipinski definition) is 1. The first-order chi connectivity index (χ1) is 11.2. The van der Waals surface area contributed by atoms with Crippen LogP contribution in [0.2, 0.25) is 0 Å². The fourth-order valence-electron chi connectivity index (χ4n) is 4.40. The molecular weight excluding hydrogens is 296 g/mol. The number of hydrogen-bond acceptors (Lipinski definition) is 5. The average Bonchev–Trinajstić information content (AvgIpc) is 2.85. The number of carbonyl (C=O) groups is 1. The molecule has 6 nitrogen and oxygen atoms in total. The predicted molar refractivity (Wildman–Crippen MR) is 84.5 cm³/mol. The van der Waals surface area contributed by atoms with Crippen molar-refractivity contribution in [3.8, 4) is 5.75 Å². The van der Waals surface area contributed by atoms with Gasteiger partial charge in [-0.05, 0) is 31.0 Å². The van der Waals surface area contributed by atoms with Gasteiger partial charge in [0.2, 0.25) is 0 Å². The van der Waals surface area contributed by atoms with Gasteiger partial charge >= 0.3 is 0 Å². The monoisotopic (exact) mass is 318 g/mol. The minimum absolute atomic E-state index is 0.0374. The Hall–Kier alpha value is -1.63. The maximum Gasteiger partial charge on any atom is 0.258 e. The van der Waals surface area contributed by atoms with E-state index < -0.39 is 6.10 Å². The Kier molecular flexibility index (Phi) is 3.55. The summed E-state index contributed by atoms with van der Waals surface area (Å²) in [6.07, 6.45) is 1.36. The zero-order chi connectivity index (χ0) is 16.1. The predicted octanol–water partition coefficient (Wildman–Crippen LogP) is 1.23. The highest BCUT2D eigenvalue weighted by Gasteiger charge is 2.56. The van der Waals surface area contributed by atoms with Crippen LogP contribution in [0, 0.1) is 5.92 Å². The van der Waals surface area contributed by atoms with Crippen molar-refractivity contribution in [2.75, 3.05) is 25.7 Å². The van der Waals surface area contributed by atoms with Crippen LogP contribution < -0.4 is 15.4 Å². The lowest BCUT2D eigenvalue weighted by Crippen LogP contribution is -2.53. The summed E-state index contributed by atoms with van der Waals surface area (Å²) < 4.78 is 16.8. The number of nitrogens with two attached hydrogens (primary N) is 1. The van der Waals surface area contributed by atoms with Crippen molar-refractivity contribution in [1.82, 2.24) is 0 Å². The topological polar surface area (TPSA) is 74.0 Å². The normalized spacial score (nSPS) is 35.5. The number of rotatable bonds is 2. The molecule has 0 spiro atoms. The SMILES string of the molecule is COc1ccc2c(c1)[C@@H]1OCCC[C@@H]1[C@@H]1[C@H](N)[C@@H](OC)C(=O)N21. The van der Waals surface area contributed by atoms with E-state index in [1.165, 1.54) is 0 Å². The zero-order valence-electron chi connectivity index (χ0n) is 13.4. The molecule has 0 radical (unpaired) electrons. The van der Waals surface area contributed by atoms with Gasteiger partial charge in [-0.2, -0.15) is 0 Å². The van der Waals surface area contributed by atoms with Gasteiger partial charge in [-0.1, -0.05) is 0 Å². The summed E-state index contributed by atoms with van der Waals surface area (Å²) in [4.78, 5) is 14.7. The Morgan fingerprint density at radius 3 is 2.91 bits per heavy atom. The van der Waals surface area contributed by atoms with E-state index in [0.717, 1.165) is 36.4 Å². The maximum atomic E-state index is 12.8. The summed E-state index contributed by atoms with van der Waals surface area (Å²) in [6, 6.07) is 5.37. The molecule has 124 valence electrons. The highest BCUT2D eigenvalue weighted by Crippen LogP contribution is 2.50. The van der Waals surface area contributed by atoms with E-state index in [2.05, 4.69) is 0 Å². The van der Waals surface area contributed by atoms with Gasteiger partial charge in [-0.15, -0.1) is 0 Å². The zero-order valence-corrected chi connectivity index (χ0v) is 13.4. The van der Waals surface area contributed by atoms with Crippen molar-refractivity contribution in [3.63, 3.8) is 0 Å². The summed E-state index contributed by atoms with van der Waals surface area (Å²) in [7, 11) is 3.19. The third-order valence-electron chi connectivity index (χ3n) is 5.38. The molecule has 4 rings (SSSR count). The van der Waals surface area contributed by atoms with E-state index in [9.17, 15) is 4.79 Å². The number of benzene rings is 1. The molecule has 1 aromatic rings. The molecule has 1 amide bonds. The third kappa shape index (κ3) is 2.02. The highest BCUT2D eigenvalue weighted by molar-refractivity contribution is 6.02. The number of amides is 1. The molecule has 3 heterocycles. The summed E-state index contributed by atoms with van der Waals surface area (Å²) in [5.41, 5.74) is 8.28. The van der Waals surface area contributed by atoms with Crippen LogP contribution in [0.15, 0.2) is 18.2 Å². The molecule has 23 heavy (non-hydrogen) atoms. The van der Waals surface area contributed by atoms with Crippen molar-refractivity contribution in [2.24, 2.45) is 11.7 Å². The van der Waals surface area contributed by atoms with E-state index >= 15 is 0 Å². The second-order valence-electron chi connectivity index (χ2n) is 6.45. The molecule has 0 unspecified atom stereocenters. The molecule has 0 aromatic heterocycles. The number of nitrogens with zero attached hydrogens (tertiary/aromatic N) is 1. The lowest BCUT2D eigenvalue weighted by atomic mass is 9.77. The largest absolute Gasteiger partial charge is 0.497 e. The second-order valence-corrected chi connectivity index (χ2v) is 6.45. The Morgan fingerprint density at radius 2 is 2.17 bits per heavy atom. The number of ether oxygens (including phenoxy) is 3. The smallest absolute Gasteiger partial charge is 0.258 e. The van der Waals surface area contributed by atoms with Crippen molar-refractivity contribution >= 4 is 11.6 Å². The minimum atomic E-state index is -0.587.